The van der Waals surface area contributed by atoms with E-state index in [1.54, 1.807) is 0 Å². The zero-order valence-electron chi connectivity index (χ0n) is 5.75. The van der Waals surface area contributed by atoms with Crippen molar-refractivity contribution in [2.75, 3.05) is 6.61 Å². The predicted octanol–water partition coefficient (Wildman–Crippen LogP) is -1.02. The monoisotopic (exact) mass is 144 g/mol. The Hall–Kier alpha value is -0.610. The molecule has 1 aliphatic heterocycles. The first-order valence-electron chi connectivity index (χ1n) is 3.38. The zero-order valence-corrected chi connectivity index (χ0v) is 5.75. The van der Waals surface area contributed by atoms with Crippen molar-refractivity contribution in [3.63, 3.8) is 0 Å². The largest absolute Gasteiger partial charge is 0.376 e. The van der Waals surface area contributed by atoms with Crippen LogP contribution in [-0.2, 0) is 9.53 Å². The van der Waals surface area contributed by atoms with Crippen molar-refractivity contribution < 1.29 is 9.53 Å². The molecular formula is C6H12N2O2. The molecule has 4 heteroatoms. The highest BCUT2D eigenvalue weighted by Crippen LogP contribution is 2.13. The van der Waals surface area contributed by atoms with Gasteiger partial charge in [0, 0.05) is 6.61 Å². The van der Waals surface area contributed by atoms with Crippen LogP contribution in [0.5, 0.6) is 0 Å². The van der Waals surface area contributed by atoms with Crippen LogP contribution in [0, 0.1) is 0 Å². The highest BCUT2D eigenvalue weighted by Gasteiger charge is 2.26. The fraction of sp³-hybridized carbons (Fsp3) is 0.833. The van der Waals surface area contributed by atoms with E-state index in [-0.39, 0.29) is 6.10 Å². The minimum atomic E-state index is -0.623. The number of ether oxygens (including phenoxy) is 1. The molecule has 0 bridgehead atoms. The van der Waals surface area contributed by atoms with E-state index in [0.717, 1.165) is 12.8 Å². The van der Waals surface area contributed by atoms with Crippen LogP contribution in [0.3, 0.4) is 0 Å². The lowest BCUT2D eigenvalue weighted by atomic mass is 10.1. The molecule has 2 atom stereocenters. The Morgan fingerprint density at radius 3 is 2.80 bits per heavy atom. The minimum Gasteiger partial charge on any atom is -0.376 e. The summed E-state index contributed by atoms with van der Waals surface area (Å²) < 4.78 is 5.15. The zero-order chi connectivity index (χ0) is 7.56. The van der Waals surface area contributed by atoms with E-state index in [4.69, 9.17) is 16.2 Å². The van der Waals surface area contributed by atoms with Crippen LogP contribution < -0.4 is 11.5 Å². The van der Waals surface area contributed by atoms with Gasteiger partial charge >= 0.3 is 0 Å². The highest BCUT2D eigenvalue weighted by molar-refractivity contribution is 5.80. The number of amides is 1. The van der Waals surface area contributed by atoms with Crippen LogP contribution in [0.1, 0.15) is 12.8 Å². The molecule has 1 aliphatic rings. The number of hydrogen-bond acceptors (Lipinski definition) is 3. The quantitative estimate of drug-likeness (QED) is 0.520. The van der Waals surface area contributed by atoms with Crippen LogP contribution in [0.4, 0.5) is 0 Å². The summed E-state index contributed by atoms with van der Waals surface area (Å²) in [5, 5.41) is 0. The summed E-state index contributed by atoms with van der Waals surface area (Å²) in [6, 6.07) is -0.623. The number of carbonyl (C=O) groups excluding carboxylic acids is 1. The van der Waals surface area contributed by atoms with Crippen molar-refractivity contribution in [1.29, 1.82) is 0 Å². The Morgan fingerprint density at radius 1 is 1.70 bits per heavy atom. The molecule has 1 heterocycles. The molecule has 4 nitrogen and oxygen atoms in total. The molecule has 0 saturated carbocycles. The Morgan fingerprint density at radius 2 is 2.40 bits per heavy atom. The van der Waals surface area contributed by atoms with E-state index in [1.165, 1.54) is 0 Å². The second kappa shape index (κ2) is 2.98. The van der Waals surface area contributed by atoms with Gasteiger partial charge in [-0.15, -0.1) is 0 Å². The lowest BCUT2D eigenvalue weighted by Gasteiger charge is -2.13. The maximum atomic E-state index is 10.5. The van der Waals surface area contributed by atoms with Crippen molar-refractivity contribution in [1.82, 2.24) is 0 Å². The van der Waals surface area contributed by atoms with E-state index in [0.29, 0.717) is 6.61 Å². The van der Waals surface area contributed by atoms with Gasteiger partial charge in [-0.05, 0) is 12.8 Å². The van der Waals surface area contributed by atoms with Crippen LogP contribution >= 0.6 is 0 Å². The van der Waals surface area contributed by atoms with Gasteiger partial charge in [0.15, 0.2) is 0 Å². The van der Waals surface area contributed by atoms with Gasteiger partial charge in [-0.3, -0.25) is 4.79 Å². The van der Waals surface area contributed by atoms with Crippen LogP contribution in [0.2, 0.25) is 0 Å². The SMILES string of the molecule is NC(=O)[C@H](N)[C@H]1CCCO1. The van der Waals surface area contributed by atoms with Gasteiger partial charge in [0.25, 0.3) is 0 Å². The molecular weight excluding hydrogens is 132 g/mol. The lowest BCUT2D eigenvalue weighted by Crippen LogP contribution is -2.45. The molecule has 0 unspecified atom stereocenters. The smallest absolute Gasteiger partial charge is 0.237 e. The molecule has 0 aromatic heterocycles. The molecule has 0 radical (unpaired) electrons. The summed E-state index contributed by atoms with van der Waals surface area (Å²) in [6.45, 7) is 0.700. The van der Waals surface area contributed by atoms with E-state index in [1.807, 2.05) is 0 Å². The Labute approximate surface area is 59.5 Å². The summed E-state index contributed by atoms with van der Waals surface area (Å²) in [4.78, 5) is 10.5. The maximum Gasteiger partial charge on any atom is 0.237 e. The fourth-order valence-electron chi connectivity index (χ4n) is 1.07. The fourth-order valence-corrected chi connectivity index (χ4v) is 1.07. The van der Waals surface area contributed by atoms with Gasteiger partial charge in [0.2, 0.25) is 5.91 Å². The summed E-state index contributed by atoms with van der Waals surface area (Å²) in [5.74, 6) is -0.480. The topological polar surface area (TPSA) is 78.3 Å². The lowest BCUT2D eigenvalue weighted by molar-refractivity contribution is -0.121. The first-order valence-corrected chi connectivity index (χ1v) is 3.38. The first kappa shape index (κ1) is 7.50. The van der Waals surface area contributed by atoms with Crippen molar-refractivity contribution in [3.05, 3.63) is 0 Å². The third-order valence-corrected chi connectivity index (χ3v) is 1.69. The van der Waals surface area contributed by atoms with Crippen molar-refractivity contribution in [2.24, 2.45) is 11.5 Å². The number of rotatable bonds is 2. The van der Waals surface area contributed by atoms with E-state index in [2.05, 4.69) is 0 Å². The van der Waals surface area contributed by atoms with Crippen LogP contribution in [-0.4, -0.2) is 24.7 Å². The van der Waals surface area contributed by atoms with E-state index in [9.17, 15) is 4.79 Å². The van der Waals surface area contributed by atoms with Gasteiger partial charge < -0.3 is 16.2 Å². The first-order chi connectivity index (χ1) is 4.72. The summed E-state index contributed by atoms with van der Waals surface area (Å²) in [6.07, 6.45) is 1.69. The maximum absolute atomic E-state index is 10.5. The molecule has 4 N–H and O–H groups in total. The Bertz CT molecular complexity index is 132. The molecule has 58 valence electrons. The molecule has 1 rings (SSSR count). The molecule has 1 fully saturated rings. The molecule has 0 aliphatic carbocycles. The van der Waals surface area contributed by atoms with Crippen molar-refractivity contribution in [2.45, 2.75) is 25.0 Å². The van der Waals surface area contributed by atoms with Crippen LogP contribution in [0.15, 0.2) is 0 Å². The average molecular weight is 144 g/mol. The highest BCUT2D eigenvalue weighted by atomic mass is 16.5. The second-order valence-corrected chi connectivity index (χ2v) is 2.48. The normalized spacial score (nSPS) is 28.3. The standard InChI is InChI=1S/C6H12N2O2/c7-5(6(8)9)4-2-1-3-10-4/h4-5H,1-3,7H2,(H2,8,9)/t4-,5-/m1/s1. The number of primary amides is 1. The summed E-state index contributed by atoms with van der Waals surface area (Å²) in [7, 11) is 0. The summed E-state index contributed by atoms with van der Waals surface area (Å²) >= 11 is 0. The number of hydrogen-bond donors (Lipinski definition) is 2. The van der Waals surface area contributed by atoms with Crippen molar-refractivity contribution in [3.8, 4) is 0 Å². The second-order valence-electron chi connectivity index (χ2n) is 2.48. The molecule has 0 spiro atoms. The van der Waals surface area contributed by atoms with E-state index >= 15 is 0 Å². The Kier molecular flexibility index (Phi) is 2.24. The molecule has 0 aromatic rings. The predicted molar refractivity (Wildman–Crippen MR) is 36.1 cm³/mol. The third kappa shape index (κ3) is 1.46. The van der Waals surface area contributed by atoms with Crippen LogP contribution in [0.25, 0.3) is 0 Å². The summed E-state index contributed by atoms with van der Waals surface area (Å²) in [5.41, 5.74) is 10.4. The number of nitrogens with two attached hydrogens (primary N) is 2. The van der Waals surface area contributed by atoms with E-state index < -0.39 is 11.9 Å². The molecule has 1 amide bonds. The Balaban J connectivity index is 2.39. The number of carbonyl (C=O) groups is 1. The van der Waals surface area contributed by atoms with Gasteiger partial charge in [-0.1, -0.05) is 0 Å². The van der Waals surface area contributed by atoms with Gasteiger partial charge in [0.05, 0.1) is 6.10 Å². The average Bonchev–Trinajstić information content (AvgIpc) is 2.36. The minimum absolute atomic E-state index is 0.141. The van der Waals surface area contributed by atoms with Crippen molar-refractivity contribution >= 4 is 5.91 Å². The molecule has 10 heavy (non-hydrogen) atoms. The third-order valence-electron chi connectivity index (χ3n) is 1.69. The molecule has 0 aromatic carbocycles. The van der Waals surface area contributed by atoms with Gasteiger partial charge in [-0.25, -0.2) is 0 Å². The molecule has 1 saturated heterocycles. The van der Waals surface area contributed by atoms with Gasteiger partial charge in [0.1, 0.15) is 6.04 Å². The van der Waals surface area contributed by atoms with Gasteiger partial charge in [-0.2, -0.15) is 0 Å².